The monoisotopic (exact) mass is 311 g/mol. The molecule has 0 bridgehead atoms. The number of hydrogen-bond donors (Lipinski definition) is 1. The lowest BCUT2D eigenvalue weighted by molar-refractivity contribution is -0.118. The van der Waals surface area contributed by atoms with Crippen molar-refractivity contribution < 1.29 is 23.9 Å². The minimum atomic E-state index is -0.642. The number of rotatable bonds is 4. The Balaban J connectivity index is 1.66. The van der Waals surface area contributed by atoms with Gasteiger partial charge in [0.2, 0.25) is 0 Å². The normalized spacial score (nSPS) is 12.6. The van der Waals surface area contributed by atoms with Crippen LogP contribution in [0.4, 0.5) is 5.69 Å². The van der Waals surface area contributed by atoms with E-state index in [2.05, 4.69) is 5.32 Å². The molecule has 3 rings (SSSR count). The maximum atomic E-state index is 12.0. The molecule has 1 aliphatic rings. The summed E-state index contributed by atoms with van der Waals surface area (Å²) < 4.78 is 10.2. The summed E-state index contributed by atoms with van der Waals surface area (Å²) in [6, 6.07) is 13.1. The molecular formula is C17H13NO5. The molecule has 6 nitrogen and oxygen atoms in total. The molecule has 0 aliphatic carbocycles. The molecular weight excluding hydrogens is 298 g/mol. The molecule has 1 amide bonds. The van der Waals surface area contributed by atoms with Crippen LogP contribution in [0.15, 0.2) is 48.5 Å². The zero-order valence-corrected chi connectivity index (χ0v) is 12.1. The number of hydrogen-bond acceptors (Lipinski definition) is 5. The number of fused-ring (bicyclic) bond motifs is 1. The van der Waals surface area contributed by atoms with Gasteiger partial charge in [-0.2, -0.15) is 0 Å². The number of carbonyl (C=O) groups excluding carboxylic acids is 3. The quantitative estimate of drug-likeness (QED) is 0.690. The summed E-state index contributed by atoms with van der Waals surface area (Å²) in [6.07, 6.45) is 0. The molecule has 0 saturated heterocycles. The van der Waals surface area contributed by atoms with Crippen LogP contribution in [0.5, 0.6) is 5.75 Å². The summed E-state index contributed by atoms with van der Waals surface area (Å²) in [5.74, 6) is -0.728. The third-order valence-electron chi connectivity index (χ3n) is 3.28. The molecule has 0 radical (unpaired) electrons. The Morgan fingerprint density at radius 2 is 1.87 bits per heavy atom. The van der Waals surface area contributed by atoms with Crippen LogP contribution in [0.3, 0.4) is 0 Å². The van der Waals surface area contributed by atoms with E-state index in [9.17, 15) is 14.4 Å². The molecule has 0 unspecified atom stereocenters. The average molecular weight is 311 g/mol. The molecule has 2 aromatic rings. The Morgan fingerprint density at radius 1 is 1.09 bits per heavy atom. The fourth-order valence-corrected chi connectivity index (χ4v) is 2.13. The first-order valence-corrected chi connectivity index (χ1v) is 6.95. The number of benzene rings is 2. The Hall–Kier alpha value is -3.15. The van der Waals surface area contributed by atoms with Crippen LogP contribution in [0.2, 0.25) is 0 Å². The molecule has 23 heavy (non-hydrogen) atoms. The van der Waals surface area contributed by atoms with Crippen LogP contribution in [0.1, 0.15) is 20.7 Å². The van der Waals surface area contributed by atoms with Gasteiger partial charge in [0.1, 0.15) is 5.75 Å². The van der Waals surface area contributed by atoms with E-state index in [1.807, 2.05) is 0 Å². The first-order chi connectivity index (χ1) is 11.1. The smallest absolute Gasteiger partial charge is 0.338 e. The Kier molecular flexibility index (Phi) is 4.05. The molecule has 1 heterocycles. The van der Waals surface area contributed by atoms with E-state index in [-0.39, 0.29) is 30.5 Å². The predicted molar refractivity (Wildman–Crippen MR) is 81.6 cm³/mol. The number of Topliss-reactive ketones (excluding diaryl/α,β-unsaturated/α-hetero) is 1. The van der Waals surface area contributed by atoms with Gasteiger partial charge in [0.15, 0.2) is 19.0 Å². The third kappa shape index (κ3) is 3.37. The van der Waals surface area contributed by atoms with Crippen molar-refractivity contribution >= 4 is 23.3 Å². The highest BCUT2D eigenvalue weighted by Crippen LogP contribution is 2.28. The Labute approximate surface area is 132 Å². The maximum Gasteiger partial charge on any atom is 0.338 e. The molecule has 1 aliphatic heterocycles. The van der Waals surface area contributed by atoms with Crippen LogP contribution in [0, 0.1) is 0 Å². The number of ketones is 1. The van der Waals surface area contributed by atoms with Crippen molar-refractivity contribution in [3.05, 3.63) is 59.7 Å². The summed E-state index contributed by atoms with van der Waals surface area (Å²) in [4.78, 5) is 35.2. The summed E-state index contributed by atoms with van der Waals surface area (Å²) in [5.41, 5.74) is 1.12. The van der Waals surface area contributed by atoms with E-state index < -0.39 is 5.97 Å². The summed E-state index contributed by atoms with van der Waals surface area (Å²) >= 11 is 0. The van der Waals surface area contributed by atoms with E-state index in [0.29, 0.717) is 17.0 Å². The van der Waals surface area contributed by atoms with Gasteiger partial charge in [-0.15, -0.1) is 0 Å². The summed E-state index contributed by atoms with van der Waals surface area (Å²) in [5, 5.41) is 2.61. The van der Waals surface area contributed by atoms with E-state index in [4.69, 9.17) is 9.47 Å². The highest BCUT2D eigenvalue weighted by molar-refractivity contribution is 6.00. The molecule has 0 atom stereocenters. The number of nitrogens with one attached hydrogen (secondary N) is 1. The summed E-state index contributed by atoms with van der Waals surface area (Å²) in [6.45, 7) is -0.398. The number of amides is 1. The van der Waals surface area contributed by atoms with Crippen molar-refractivity contribution in [1.82, 2.24) is 0 Å². The van der Waals surface area contributed by atoms with Crippen molar-refractivity contribution in [1.29, 1.82) is 0 Å². The van der Waals surface area contributed by atoms with Crippen LogP contribution < -0.4 is 10.1 Å². The van der Waals surface area contributed by atoms with Crippen molar-refractivity contribution in [2.24, 2.45) is 0 Å². The molecule has 0 spiro atoms. The molecule has 116 valence electrons. The molecule has 2 aromatic carbocycles. The fraction of sp³-hybridized carbons (Fsp3) is 0.118. The van der Waals surface area contributed by atoms with Gasteiger partial charge in [-0.1, -0.05) is 30.3 Å². The molecule has 0 aromatic heterocycles. The van der Waals surface area contributed by atoms with Crippen molar-refractivity contribution in [3.63, 3.8) is 0 Å². The van der Waals surface area contributed by atoms with Crippen LogP contribution in [-0.2, 0) is 9.53 Å². The number of esters is 1. The fourth-order valence-electron chi connectivity index (χ4n) is 2.13. The lowest BCUT2D eigenvalue weighted by Gasteiger charge is -2.18. The van der Waals surface area contributed by atoms with Gasteiger partial charge >= 0.3 is 5.97 Å². The molecule has 0 fully saturated rings. The maximum absolute atomic E-state index is 12.0. The number of carbonyl (C=O) groups is 3. The summed E-state index contributed by atoms with van der Waals surface area (Å²) in [7, 11) is 0. The largest absolute Gasteiger partial charge is 0.482 e. The second kappa shape index (κ2) is 6.31. The van der Waals surface area contributed by atoms with Gasteiger partial charge in [0.25, 0.3) is 5.91 Å². The van der Waals surface area contributed by atoms with E-state index in [1.54, 1.807) is 36.4 Å². The molecule has 6 heteroatoms. The first-order valence-electron chi connectivity index (χ1n) is 6.95. The predicted octanol–water partition coefficient (Wildman–Crippen LogP) is 2.06. The lowest BCUT2D eigenvalue weighted by atomic mass is 10.1. The average Bonchev–Trinajstić information content (AvgIpc) is 2.59. The van der Waals surface area contributed by atoms with Gasteiger partial charge in [-0.05, 0) is 18.2 Å². The van der Waals surface area contributed by atoms with Gasteiger partial charge in [-0.25, -0.2) is 4.79 Å². The Morgan fingerprint density at radius 3 is 2.65 bits per heavy atom. The topological polar surface area (TPSA) is 81.7 Å². The molecule has 1 N–H and O–H groups in total. The highest BCUT2D eigenvalue weighted by atomic mass is 16.5. The van der Waals surface area contributed by atoms with E-state index in [0.717, 1.165) is 0 Å². The highest BCUT2D eigenvalue weighted by Gasteiger charge is 2.19. The minimum Gasteiger partial charge on any atom is -0.482 e. The van der Waals surface area contributed by atoms with Gasteiger partial charge < -0.3 is 14.8 Å². The zero-order valence-electron chi connectivity index (χ0n) is 12.1. The lowest BCUT2D eigenvalue weighted by Crippen LogP contribution is -2.25. The van der Waals surface area contributed by atoms with Crippen LogP contribution in [0.25, 0.3) is 0 Å². The number of anilines is 1. The second-order valence-electron chi connectivity index (χ2n) is 4.91. The first kappa shape index (κ1) is 14.8. The van der Waals surface area contributed by atoms with Gasteiger partial charge in [0, 0.05) is 5.56 Å². The zero-order chi connectivity index (χ0) is 16.2. The number of ether oxygens (including phenoxy) is 2. The van der Waals surface area contributed by atoms with Crippen LogP contribution >= 0.6 is 0 Å². The third-order valence-corrected chi connectivity index (χ3v) is 3.28. The van der Waals surface area contributed by atoms with E-state index >= 15 is 0 Å². The van der Waals surface area contributed by atoms with Gasteiger partial charge in [0.05, 0.1) is 11.3 Å². The van der Waals surface area contributed by atoms with Crippen molar-refractivity contribution in [2.45, 2.75) is 0 Å². The minimum absolute atomic E-state index is 0.0532. The standard InChI is InChI=1S/C17H13NO5/c19-14(11-4-2-1-3-5-11)9-23-17(21)12-6-7-15-13(8-12)18-16(20)10-22-15/h1-8H,9-10H2,(H,18,20). The Bertz CT molecular complexity index is 770. The van der Waals surface area contributed by atoms with Crippen molar-refractivity contribution in [2.75, 3.05) is 18.5 Å². The van der Waals surface area contributed by atoms with Crippen LogP contribution in [-0.4, -0.2) is 30.9 Å². The van der Waals surface area contributed by atoms with Crippen molar-refractivity contribution in [3.8, 4) is 5.75 Å². The van der Waals surface area contributed by atoms with E-state index in [1.165, 1.54) is 12.1 Å². The SMILES string of the molecule is O=C1COc2ccc(C(=O)OCC(=O)c3ccccc3)cc2N1. The second-order valence-corrected chi connectivity index (χ2v) is 4.91. The van der Waals surface area contributed by atoms with Gasteiger partial charge in [-0.3, -0.25) is 9.59 Å². The molecule has 0 saturated carbocycles.